The zero-order valence-electron chi connectivity index (χ0n) is 8.06. The number of rotatable bonds is 4. The minimum absolute atomic E-state index is 0.547. The van der Waals surface area contributed by atoms with Crippen LogP contribution < -0.4 is 0 Å². The van der Waals surface area contributed by atoms with E-state index in [1.165, 1.54) is 12.0 Å². The predicted octanol–water partition coefficient (Wildman–Crippen LogP) is 1.99. The van der Waals surface area contributed by atoms with Gasteiger partial charge in [0.1, 0.15) is 0 Å². The number of hydrogen-bond acceptors (Lipinski definition) is 2. The van der Waals surface area contributed by atoms with E-state index >= 15 is 0 Å². The molecule has 0 spiro atoms. The highest BCUT2D eigenvalue weighted by molar-refractivity contribution is 5.13. The normalized spacial score (nSPS) is 33.3. The van der Waals surface area contributed by atoms with Crippen molar-refractivity contribution in [1.82, 2.24) is 0 Å². The topological polar surface area (TPSA) is 21.8 Å². The summed E-state index contributed by atoms with van der Waals surface area (Å²) in [6.07, 6.45) is 2.35. The smallest absolute Gasteiger partial charge is 0.0893 e. The first kappa shape index (κ1) is 8.45. The Bertz CT molecular complexity index is 309. The van der Waals surface area contributed by atoms with E-state index in [0.29, 0.717) is 18.1 Å². The molecule has 0 N–H and O–H groups in total. The molecule has 74 valence electrons. The molecule has 2 heteroatoms. The second-order valence-corrected chi connectivity index (χ2v) is 4.14. The lowest BCUT2D eigenvalue weighted by Crippen LogP contribution is -2.27. The molecule has 1 saturated carbocycles. The number of benzene rings is 1. The molecule has 14 heavy (non-hydrogen) atoms. The fourth-order valence-electron chi connectivity index (χ4n) is 2.06. The van der Waals surface area contributed by atoms with Crippen LogP contribution in [0.15, 0.2) is 30.3 Å². The number of hydrogen-bond donors (Lipinski definition) is 0. The zero-order chi connectivity index (χ0) is 9.38. The average Bonchev–Trinajstić information content (AvgIpc) is 2.86. The molecule has 3 atom stereocenters. The summed E-state index contributed by atoms with van der Waals surface area (Å²) in [5.41, 5.74) is 1.25. The number of ether oxygens (including phenoxy) is 2. The van der Waals surface area contributed by atoms with Crippen LogP contribution in [0.2, 0.25) is 0 Å². The summed E-state index contributed by atoms with van der Waals surface area (Å²) in [5.74, 6) is 0.670. The quantitative estimate of drug-likeness (QED) is 0.677. The van der Waals surface area contributed by atoms with Gasteiger partial charge in [-0.1, -0.05) is 30.3 Å². The third-order valence-corrected chi connectivity index (χ3v) is 3.06. The molecule has 2 aliphatic rings. The second kappa shape index (κ2) is 3.37. The molecule has 1 aromatic rings. The van der Waals surface area contributed by atoms with Gasteiger partial charge in [0.05, 0.1) is 25.4 Å². The molecule has 3 rings (SSSR count). The van der Waals surface area contributed by atoms with Gasteiger partial charge in [-0.25, -0.2) is 0 Å². The van der Waals surface area contributed by atoms with E-state index in [1.54, 1.807) is 0 Å². The summed E-state index contributed by atoms with van der Waals surface area (Å²) in [6, 6.07) is 10.3. The van der Waals surface area contributed by atoms with Crippen LogP contribution in [0.5, 0.6) is 0 Å². The lowest BCUT2D eigenvalue weighted by Gasteiger charge is -2.19. The molecule has 0 aromatic heterocycles. The fourth-order valence-corrected chi connectivity index (χ4v) is 2.06. The van der Waals surface area contributed by atoms with Crippen molar-refractivity contribution >= 4 is 0 Å². The van der Waals surface area contributed by atoms with Crippen LogP contribution in [0.25, 0.3) is 0 Å². The first-order valence-corrected chi connectivity index (χ1v) is 5.20. The Hall–Kier alpha value is -0.860. The monoisotopic (exact) mass is 190 g/mol. The molecule has 1 saturated heterocycles. The number of epoxide rings is 1. The minimum Gasteiger partial charge on any atom is -0.376 e. The maximum atomic E-state index is 5.64. The Morgan fingerprint density at radius 1 is 1.29 bits per heavy atom. The highest BCUT2D eigenvalue weighted by atomic mass is 16.6. The van der Waals surface area contributed by atoms with Crippen LogP contribution in [0.3, 0.4) is 0 Å². The third-order valence-electron chi connectivity index (χ3n) is 3.06. The van der Waals surface area contributed by atoms with Crippen molar-refractivity contribution in [2.75, 3.05) is 6.61 Å². The van der Waals surface area contributed by atoms with Crippen molar-refractivity contribution < 1.29 is 9.47 Å². The second-order valence-electron chi connectivity index (χ2n) is 4.14. The molecule has 1 aromatic carbocycles. The lowest BCUT2D eigenvalue weighted by atomic mass is 9.86. The van der Waals surface area contributed by atoms with Gasteiger partial charge < -0.3 is 9.47 Å². The van der Waals surface area contributed by atoms with Crippen LogP contribution in [-0.2, 0) is 16.1 Å². The molecule has 1 aliphatic heterocycles. The molecule has 2 nitrogen and oxygen atoms in total. The summed E-state index contributed by atoms with van der Waals surface area (Å²) in [6.45, 7) is 1.59. The van der Waals surface area contributed by atoms with Gasteiger partial charge in [0, 0.05) is 5.92 Å². The fraction of sp³-hybridized carbons (Fsp3) is 0.500. The lowest BCUT2D eigenvalue weighted by molar-refractivity contribution is 0.0697. The molecular formula is C12H14O2. The third kappa shape index (κ3) is 1.56. The van der Waals surface area contributed by atoms with Crippen molar-refractivity contribution in [3.63, 3.8) is 0 Å². The van der Waals surface area contributed by atoms with E-state index in [4.69, 9.17) is 9.47 Å². The van der Waals surface area contributed by atoms with Crippen molar-refractivity contribution in [2.24, 2.45) is 5.92 Å². The standard InChI is InChI=1S/C12H14O2/c1-2-4-9(5-3-1)7-13-8-10-6-11-12(10)14-11/h1-5,10-12H,6-8H2/t10-,11+,12+/m1/s1. The Morgan fingerprint density at radius 3 is 2.79 bits per heavy atom. The van der Waals surface area contributed by atoms with Crippen molar-refractivity contribution in [1.29, 1.82) is 0 Å². The minimum atomic E-state index is 0.547. The van der Waals surface area contributed by atoms with Gasteiger partial charge in [-0.15, -0.1) is 0 Å². The molecule has 0 unspecified atom stereocenters. The zero-order valence-corrected chi connectivity index (χ0v) is 8.06. The van der Waals surface area contributed by atoms with E-state index < -0.39 is 0 Å². The van der Waals surface area contributed by atoms with Crippen molar-refractivity contribution in [2.45, 2.75) is 25.2 Å². The summed E-state index contributed by atoms with van der Waals surface area (Å²) >= 11 is 0. The summed E-state index contributed by atoms with van der Waals surface area (Å²) < 4.78 is 11.0. The Morgan fingerprint density at radius 2 is 2.14 bits per heavy atom. The van der Waals surface area contributed by atoms with Gasteiger partial charge >= 0.3 is 0 Å². The van der Waals surface area contributed by atoms with E-state index in [0.717, 1.165) is 13.2 Å². The van der Waals surface area contributed by atoms with E-state index in [-0.39, 0.29) is 0 Å². The summed E-state index contributed by atoms with van der Waals surface area (Å²) in [5, 5.41) is 0. The molecule has 0 bridgehead atoms. The largest absolute Gasteiger partial charge is 0.376 e. The molecule has 2 fully saturated rings. The molecule has 1 aliphatic carbocycles. The van der Waals surface area contributed by atoms with Gasteiger partial charge in [-0.3, -0.25) is 0 Å². The Kier molecular flexibility index (Phi) is 2.03. The first-order valence-electron chi connectivity index (χ1n) is 5.20. The van der Waals surface area contributed by atoms with Crippen molar-refractivity contribution in [3.8, 4) is 0 Å². The van der Waals surface area contributed by atoms with E-state index in [1.807, 2.05) is 18.2 Å². The highest BCUT2D eigenvalue weighted by Gasteiger charge is 2.55. The SMILES string of the molecule is c1ccc(COC[C@H]2C[C@@H]3O[C@@H]23)cc1. The predicted molar refractivity (Wildman–Crippen MR) is 52.9 cm³/mol. The van der Waals surface area contributed by atoms with Crippen molar-refractivity contribution in [3.05, 3.63) is 35.9 Å². The van der Waals surface area contributed by atoms with E-state index in [9.17, 15) is 0 Å². The van der Waals surface area contributed by atoms with Gasteiger partial charge in [0.2, 0.25) is 0 Å². The Labute approximate surface area is 83.8 Å². The maximum absolute atomic E-state index is 5.64. The molecule has 0 radical (unpaired) electrons. The molecular weight excluding hydrogens is 176 g/mol. The van der Waals surface area contributed by atoms with Crippen LogP contribution >= 0.6 is 0 Å². The summed E-state index contributed by atoms with van der Waals surface area (Å²) in [4.78, 5) is 0. The van der Waals surface area contributed by atoms with E-state index in [2.05, 4.69) is 12.1 Å². The maximum Gasteiger partial charge on any atom is 0.0893 e. The number of fused-ring (bicyclic) bond motifs is 1. The van der Waals surface area contributed by atoms with Crippen LogP contribution in [0, 0.1) is 5.92 Å². The summed E-state index contributed by atoms with van der Waals surface area (Å²) in [7, 11) is 0. The Balaban J connectivity index is 1.42. The first-order chi connectivity index (χ1) is 6.93. The van der Waals surface area contributed by atoms with Gasteiger partial charge in [0.15, 0.2) is 0 Å². The van der Waals surface area contributed by atoms with Gasteiger partial charge in [-0.2, -0.15) is 0 Å². The molecule has 0 amide bonds. The van der Waals surface area contributed by atoms with Crippen LogP contribution in [0.1, 0.15) is 12.0 Å². The average molecular weight is 190 g/mol. The van der Waals surface area contributed by atoms with Crippen LogP contribution in [0.4, 0.5) is 0 Å². The van der Waals surface area contributed by atoms with Crippen LogP contribution in [-0.4, -0.2) is 18.8 Å². The van der Waals surface area contributed by atoms with Gasteiger partial charge in [0.25, 0.3) is 0 Å². The molecule has 1 heterocycles. The highest BCUT2D eigenvalue weighted by Crippen LogP contribution is 2.46. The van der Waals surface area contributed by atoms with Gasteiger partial charge in [-0.05, 0) is 12.0 Å².